The Kier molecular flexibility index (Phi) is 2.39. The molecule has 0 spiro atoms. The summed E-state index contributed by atoms with van der Waals surface area (Å²) >= 11 is 0. The van der Waals surface area contributed by atoms with Gasteiger partial charge in [-0.15, -0.1) is 10.2 Å². The predicted octanol–water partition coefficient (Wildman–Crippen LogP) is 3.09. The van der Waals surface area contributed by atoms with Gasteiger partial charge >= 0.3 is 0 Å². The third kappa shape index (κ3) is 1.60. The van der Waals surface area contributed by atoms with Gasteiger partial charge in [-0.05, 0) is 31.4 Å². The summed E-state index contributed by atoms with van der Waals surface area (Å²) < 4.78 is 2.17. The van der Waals surface area contributed by atoms with Crippen molar-refractivity contribution in [2.75, 3.05) is 0 Å². The van der Waals surface area contributed by atoms with E-state index in [4.69, 9.17) is 0 Å². The van der Waals surface area contributed by atoms with Crippen molar-refractivity contribution in [3.05, 3.63) is 29.7 Å². The van der Waals surface area contributed by atoms with E-state index in [-0.39, 0.29) is 0 Å². The van der Waals surface area contributed by atoms with Gasteiger partial charge in [-0.25, -0.2) is 0 Å². The van der Waals surface area contributed by atoms with Crippen LogP contribution in [-0.2, 0) is 0 Å². The maximum atomic E-state index is 4.37. The Morgan fingerprint density at radius 2 is 1.94 bits per heavy atom. The Hall–Kier alpha value is -1.38. The molecule has 1 fully saturated rings. The zero-order chi connectivity index (χ0) is 11.0. The molecule has 0 unspecified atom stereocenters. The van der Waals surface area contributed by atoms with Crippen LogP contribution in [0.5, 0.6) is 0 Å². The highest BCUT2D eigenvalue weighted by Crippen LogP contribution is 2.31. The Labute approximate surface area is 95.5 Å². The van der Waals surface area contributed by atoms with E-state index in [1.54, 1.807) is 0 Å². The van der Waals surface area contributed by atoms with Crippen LogP contribution in [0, 0.1) is 6.92 Å². The summed E-state index contributed by atoms with van der Waals surface area (Å²) in [7, 11) is 0. The lowest BCUT2D eigenvalue weighted by Crippen LogP contribution is -2.08. The highest BCUT2D eigenvalue weighted by atomic mass is 15.2. The highest BCUT2D eigenvalue weighted by Gasteiger charge is 2.20. The van der Waals surface area contributed by atoms with Gasteiger partial charge in [0.25, 0.3) is 0 Å². The number of hydrogen-bond acceptors (Lipinski definition) is 2. The molecule has 1 saturated carbocycles. The molecule has 0 aromatic carbocycles. The maximum absolute atomic E-state index is 4.37. The van der Waals surface area contributed by atoms with Crippen LogP contribution in [0.15, 0.2) is 18.3 Å². The second-order valence-electron chi connectivity index (χ2n) is 4.83. The van der Waals surface area contributed by atoms with Gasteiger partial charge in [0, 0.05) is 12.1 Å². The van der Waals surface area contributed by atoms with E-state index in [1.165, 1.54) is 43.5 Å². The number of pyridine rings is 1. The first-order chi connectivity index (χ1) is 7.84. The monoisotopic (exact) mass is 215 g/mol. The molecule has 16 heavy (non-hydrogen) atoms. The van der Waals surface area contributed by atoms with Crippen molar-refractivity contribution in [2.45, 2.75) is 44.9 Å². The minimum Gasteiger partial charge on any atom is -0.286 e. The van der Waals surface area contributed by atoms with Gasteiger partial charge in [0.05, 0.1) is 0 Å². The first-order valence-corrected chi connectivity index (χ1v) is 6.16. The van der Waals surface area contributed by atoms with Crippen molar-refractivity contribution in [2.24, 2.45) is 0 Å². The Bertz CT molecular complexity index is 495. The van der Waals surface area contributed by atoms with E-state index in [0.717, 1.165) is 5.65 Å². The number of hydrogen-bond donors (Lipinski definition) is 0. The number of nitrogens with zero attached hydrogens (tertiary/aromatic N) is 3. The molecule has 0 aliphatic heterocycles. The van der Waals surface area contributed by atoms with Crippen LogP contribution in [0.4, 0.5) is 0 Å². The second kappa shape index (κ2) is 3.89. The molecule has 0 atom stereocenters. The molecule has 0 amide bonds. The first-order valence-electron chi connectivity index (χ1n) is 6.16. The molecule has 1 aliphatic carbocycles. The molecule has 2 aromatic heterocycles. The second-order valence-corrected chi connectivity index (χ2v) is 4.83. The van der Waals surface area contributed by atoms with Crippen LogP contribution < -0.4 is 0 Å². The summed E-state index contributed by atoms with van der Waals surface area (Å²) in [4.78, 5) is 0. The summed E-state index contributed by atoms with van der Waals surface area (Å²) in [6.07, 6.45) is 8.76. The molecular formula is C13H17N3. The summed E-state index contributed by atoms with van der Waals surface area (Å²) in [5.74, 6) is 1.78. The van der Waals surface area contributed by atoms with Crippen LogP contribution in [0.2, 0.25) is 0 Å². The Morgan fingerprint density at radius 3 is 2.75 bits per heavy atom. The van der Waals surface area contributed by atoms with Crippen molar-refractivity contribution in [3.8, 4) is 0 Å². The van der Waals surface area contributed by atoms with Crippen LogP contribution >= 0.6 is 0 Å². The van der Waals surface area contributed by atoms with Gasteiger partial charge in [-0.2, -0.15) is 0 Å². The fourth-order valence-corrected chi connectivity index (χ4v) is 2.65. The molecule has 2 aromatic rings. The highest BCUT2D eigenvalue weighted by molar-refractivity contribution is 5.39. The lowest BCUT2D eigenvalue weighted by atomic mass is 9.89. The third-order valence-corrected chi connectivity index (χ3v) is 3.55. The smallest absolute Gasteiger partial charge is 0.160 e. The van der Waals surface area contributed by atoms with E-state index in [0.29, 0.717) is 5.92 Å². The number of rotatable bonds is 1. The van der Waals surface area contributed by atoms with Gasteiger partial charge in [-0.1, -0.05) is 25.3 Å². The third-order valence-electron chi connectivity index (χ3n) is 3.55. The standard InChI is InChI=1S/C13H17N3/c1-10-7-8-12-14-15-13(16(12)9-10)11-5-3-2-4-6-11/h7-9,11H,2-6H2,1H3. The molecule has 3 heteroatoms. The molecule has 84 valence electrons. The van der Waals surface area contributed by atoms with Gasteiger partial charge in [0.1, 0.15) is 5.82 Å². The van der Waals surface area contributed by atoms with Crippen molar-refractivity contribution >= 4 is 5.65 Å². The lowest BCUT2D eigenvalue weighted by molar-refractivity contribution is 0.426. The lowest BCUT2D eigenvalue weighted by Gasteiger charge is -2.19. The minimum atomic E-state index is 0.616. The van der Waals surface area contributed by atoms with Crippen LogP contribution in [0.3, 0.4) is 0 Å². The number of aryl methyl sites for hydroxylation is 1. The van der Waals surface area contributed by atoms with Gasteiger partial charge in [0.15, 0.2) is 5.65 Å². The summed E-state index contributed by atoms with van der Waals surface area (Å²) in [5.41, 5.74) is 2.25. The Balaban J connectivity index is 2.05. The van der Waals surface area contributed by atoms with Crippen molar-refractivity contribution in [1.82, 2.24) is 14.6 Å². The van der Waals surface area contributed by atoms with Gasteiger partial charge < -0.3 is 0 Å². The van der Waals surface area contributed by atoms with Gasteiger partial charge in [-0.3, -0.25) is 4.40 Å². The average molecular weight is 215 g/mol. The molecule has 0 saturated heterocycles. The predicted molar refractivity (Wildman–Crippen MR) is 63.6 cm³/mol. The van der Waals surface area contributed by atoms with E-state index in [1.807, 2.05) is 0 Å². The SMILES string of the molecule is Cc1ccc2nnc(C3CCCCC3)n2c1. The molecule has 0 bridgehead atoms. The average Bonchev–Trinajstić information content (AvgIpc) is 2.73. The zero-order valence-electron chi connectivity index (χ0n) is 9.69. The molecule has 1 aliphatic rings. The molecule has 3 rings (SSSR count). The minimum absolute atomic E-state index is 0.616. The van der Waals surface area contributed by atoms with Crippen molar-refractivity contribution < 1.29 is 0 Å². The molecular weight excluding hydrogens is 198 g/mol. The largest absolute Gasteiger partial charge is 0.286 e. The summed E-state index contributed by atoms with van der Waals surface area (Å²) in [6.45, 7) is 2.12. The topological polar surface area (TPSA) is 30.2 Å². The molecule has 0 N–H and O–H groups in total. The fraction of sp³-hybridized carbons (Fsp3) is 0.538. The first kappa shape index (κ1) is 9.82. The van der Waals surface area contributed by atoms with Gasteiger partial charge in [0.2, 0.25) is 0 Å². The Morgan fingerprint density at radius 1 is 1.12 bits per heavy atom. The van der Waals surface area contributed by atoms with Crippen LogP contribution in [0.25, 0.3) is 5.65 Å². The van der Waals surface area contributed by atoms with E-state index in [2.05, 4.69) is 39.9 Å². The van der Waals surface area contributed by atoms with E-state index >= 15 is 0 Å². The summed E-state index contributed by atoms with van der Waals surface area (Å²) in [6, 6.07) is 4.14. The van der Waals surface area contributed by atoms with Crippen LogP contribution in [-0.4, -0.2) is 14.6 Å². The van der Waals surface area contributed by atoms with Crippen molar-refractivity contribution in [3.63, 3.8) is 0 Å². The summed E-state index contributed by atoms with van der Waals surface area (Å²) in [5, 5.41) is 8.62. The van der Waals surface area contributed by atoms with Crippen LogP contribution in [0.1, 0.15) is 49.4 Å². The molecule has 0 radical (unpaired) electrons. The maximum Gasteiger partial charge on any atom is 0.160 e. The molecule has 3 nitrogen and oxygen atoms in total. The quantitative estimate of drug-likeness (QED) is 0.731. The fourth-order valence-electron chi connectivity index (χ4n) is 2.65. The number of aromatic nitrogens is 3. The van der Waals surface area contributed by atoms with E-state index in [9.17, 15) is 0 Å². The normalized spacial score (nSPS) is 18.1. The van der Waals surface area contributed by atoms with Crippen molar-refractivity contribution in [1.29, 1.82) is 0 Å². The van der Waals surface area contributed by atoms with E-state index < -0.39 is 0 Å². The molecule has 2 heterocycles. The number of fused-ring (bicyclic) bond motifs is 1. The zero-order valence-corrected chi connectivity index (χ0v) is 9.69.